The van der Waals surface area contributed by atoms with E-state index in [9.17, 15) is 14.4 Å². The lowest BCUT2D eigenvalue weighted by Gasteiger charge is -2.21. The Morgan fingerprint density at radius 1 is 1.05 bits per heavy atom. The number of pyridine rings is 1. The van der Waals surface area contributed by atoms with Crippen molar-refractivity contribution in [3.63, 3.8) is 0 Å². The zero-order valence-corrected chi connectivity index (χ0v) is 23.0. The molecule has 0 aliphatic rings. The van der Waals surface area contributed by atoms with E-state index in [2.05, 4.69) is 31.2 Å². The number of thiazole rings is 1. The van der Waals surface area contributed by atoms with Crippen molar-refractivity contribution in [2.24, 2.45) is 0 Å². The monoisotopic (exact) mass is 545 g/mol. The number of aromatic nitrogens is 2. The molecular formula is C24H31N7O4S2. The van der Waals surface area contributed by atoms with Crippen LogP contribution in [0.1, 0.15) is 49.3 Å². The van der Waals surface area contributed by atoms with Crippen LogP contribution in [0, 0.1) is 0 Å². The molecule has 0 bridgehead atoms. The van der Waals surface area contributed by atoms with Gasteiger partial charge in [-0.05, 0) is 59.5 Å². The van der Waals surface area contributed by atoms with Crippen LogP contribution >= 0.6 is 22.7 Å². The maximum Gasteiger partial charge on any atom is 0.412 e. The second-order valence-corrected chi connectivity index (χ2v) is 11.0. The molecule has 3 heterocycles. The molecule has 0 aliphatic heterocycles. The van der Waals surface area contributed by atoms with Crippen molar-refractivity contribution in [1.82, 2.24) is 20.2 Å². The molecule has 3 aromatic rings. The molecule has 0 saturated heterocycles. The normalized spacial score (nSPS) is 12.1. The van der Waals surface area contributed by atoms with Gasteiger partial charge >= 0.3 is 12.1 Å². The number of nitrogens with one attached hydrogen (secondary N) is 4. The highest BCUT2D eigenvalue weighted by Crippen LogP contribution is 2.28. The highest BCUT2D eigenvalue weighted by Gasteiger charge is 2.20. The molecule has 4 N–H and O–H groups in total. The Hall–Kier alpha value is -3.55. The first-order valence-corrected chi connectivity index (χ1v) is 13.3. The van der Waals surface area contributed by atoms with Gasteiger partial charge in [0.05, 0.1) is 17.4 Å². The first-order valence-electron chi connectivity index (χ1n) is 11.5. The Labute approximate surface area is 223 Å². The molecule has 11 nitrogen and oxygen atoms in total. The van der Waals surface area contributed by atoms with Crippen molar-refractivity contribution in [3.05, 3.63) is 51.9 Å². The first-order chi connectivity index (χ1) is 17.5. The molecule has 1 unspecified atom stereocenters. The van der Waals surface area contributed by atoms with Crippen LogP contribution < -0.4 is 21.3 Å². The van der Waals surface area contributed by atoms with Gasteiger partial charge in [0.2, 0.25) is 0 Å². The van der Waals surface area contributed by atoms with Crippen LogP contribution in [-0.2, 0) is 4.74 Å². The van der Waals surface area contributed by atoms with Crippen molar-refractivity contribution >= 4 is 57.2 Å². The van der Waals surface area contributed by atoms with Crippen molar-refractivity contribution in [2.45, 2.75) is 38.8 Å². The van der Waals surface area contributed by atoms with Gasteiger partial charge in [0.15, 0.2) is 5.13 Å². The predicted molar refractivity (Wildman–Crippen MR) is 147 cm³/mol. The molecule has 0 spiro atoms. The van der Waals surface area contributed by atoms with E-state index in [4.69, 9.17) is 4.74 Å². The van der Waals surface area contributed by atoms with Crippen LogP contribution in [0.5, 0.6) is 0 Å². The molecule has 4 amide bonds. The summed E-state index contributed by atoms with van der Waals surface area (Å²) in [4.78, 5) is 47.8. The van der Waals surface area contributed by atoms with Crippen LogP contribution in [0.2, 0.25) is 0 Å². The van der Waals surface area contributed by atoms with Crippen molar-refractivity contribution in [2.75, 3.05) is 36.6 Å². The fourth-order valence-corrected chi connectivity index (χ4v) is 4.36. The quantitative estimate of drug-likeness (QED) is 0.296. The molecule has 0 aliphatic carbocycles. The number of carbonyl (C=O) groups excluding carboxylic acids is 3. The molecule has 0 radical (unpaired) electrons. The summed E-state index contributed by atoms with van der Waals surface area (Å²) in [5.74, 6) is -0.434. The third kappa shape index (κ3) is 9.12. The number of thiophene rings is 1. The average Bonchev–Trinajstić information content (AvgIpc) is 3.47. The number of anilines is 3. The molecule has 1 atom stereocenters. The van der Waals surface area contributed by atoms with E-state index in [1.165, 1.54) is 22.7 Å². The van der Waals surface area contributed by atoms with Crippen LogP contribution in [0.4, 0.5) is 26.1 Å². The third-order valence-corrected chi connectivity index (χ3v) is 6.22. The fourth-order valence-electron chi connectivity index (χ4n) is 3.12. The Morgan fingerprint density at radius 3 is 2.38 bits per heavy atom. The van der Waals surface area contributed by atoms with Crippen molar-refractivity contribution in [1.29, 1.82) is 0 Å². The lowest BCUT2D eigenvalue weighted by atomic mass is 10.1. The summed E-state index contributed by atoms with van der Waals surface area (Å²) in [5.41, 5.74) is 1.18. The summed E-state index contributed by atoms with van der Waals surface area (Å²) in [7, 11) is 3.91. The van der Waals surface area contributed by atoms with Gasteiger partial charge in [0.25, 0.3) is 5.91 Å². The molecule has 3 aromatic heterocycles. The van der Waals surface area contributed by atoms with E-state index in [0.29, 0.717) is 22.9 Å². The summed E-state index contributed by atoms with van der Waals surface area (Å²) < 4.78 is 5.27. The summed E-state index contributed by atoms with van der Waals surface area (Å²) in [6.45, 7) is 6.04. The number of nitrogens with zero attached hydrogens (tertiary/aromatic N) is 3. The Bertz CT molecular complexity index is 1190. The zero-order chi connectivity index (χ0) is 27.0. The Balaban J connectivity index is 1.65. The van der Waals surface area contributed by atoms with Gasteiger partial charge in [-0.15, -0.1) is 22.7 Å². The number of ether oxygens (including phenoxy) is 1. The van der Waals surface area contributed by atoms with Gasteiger partial charge in [-0.1, -0.05) is 6.07 Å². The maximum atomic E-state index is 12.8. The summed E-state index contributed by atoms with van der Waals surface area (Å²) in [6, 6.07) is 2.66. The smallest absolute Gasteiger partial charge is 0.412 e. The van der Waals surface area contributed by atoms with E-state index >= 15 is 0 Å². The van der Waals surface area contributed by atoms with Gasteiger partial charge in [-0.2, -0.15) is 0 Å². The Kier molecular flexibility index (Phi) is 9.55. The molecule has 0 saturated carbocycles. The van der Waals surface area contributed by atoms with E-state index in [0.717, 1.165) is 12.1 Å². The van der Waals surface area contributed by atoms with Gasteiger partial charge in [-0.3, -0.25) is 20.4 Å². The highest BCUT2D eigenvalue weighted by atomic mass is 32.1. The minimum atomic E-state index is -0.643. The van der Waals surface area contributed by atoms with E-state index in [-0.39, 0.29) is 17.8 Å². The minimum Gasteiger partial charge on any atom is -0.444 e. The SMILES string of the molecule is CN(C)CCC(NC(=O)Nc1nccs1)c1ccc(C(=O)Nc2cscc2NC(=O)OC(C)(C)C)nc1. The van der Waals surface area contributed by atoms with E-state index < -0.39 is 17.6 Å². The number of carbonyl (C=O) groups is 3. The van der Waals surface area contributed by atoms with Gasteiger partial charge in [-0.25, -0.2) is 14.6 Å². The second-order valence-electron chi connectivity index (χ2n) is 9.34. The lowest BCUT2D eigenvalue weighted by molar-refractivity contribution is 0.0635. The number of amides is 4. The van der Waals surface area contributed by atoms with Crippen molar-refractivity contribution in [3.8, 4) is 0 Å². The van der Waals surface area contributed by atoms with Crippen molar-refractivity contribution < 1.29 is 19.1 Å². The van der Waals surface area contributed by atoms with E-state index in [1.807, 2.05) is 19.0 Å². The molecular weight excluding hydrogens is 514 g/mol. The summed E-state index contributed by atoms with van der Waals surface area (Å²) in [6.07, 6.45) is 3.22. The Morgan fingerprint density at radius 2 is 1.78 bits per heavy atom. The standard InChI is InChI=1S/C24H31N7O4S2/c1-24(2,3)35-23(34)29-19-14-36-13-18(19)27-20(32)17-7-6-15(12-26-17)16(8-10-31(4)5)28-21(33)30-22-25-9-11-37-22/h6-7,9,11-14,16H,8,10H2,1-5H3,(H,27,32)(H,29,34)(H2,25,28,30,33). The van der Waals surface area contributed by atoms with Gasteiger partial charge < -0.3 is 20.3 Å². The third-order valence-electron chi connectivity index (χ3n) is 4.79. The second kappa shape index (κ2) is 12.6. The molecule has 37 heavy (non-hydrogen) atoms. The van der Waals surface area contributed by atoms with Crippen LogP contribution in [0.15, 0.2) is 40.7 Å². The average molecular weight is 546 g/mol. The number of hydrogen-bond acceptors (Lipinski definition) is 9. The van der Waals surface area contributed by atoms with Crippen LogP contribution in [0.25, 0.3) is 0 Å². The van der Waals surface area contributed by atoms with E-state index in [1.54, 1.807) is 61.4 Å². The number of rotatable bonds is 9. The zero-order valence-electron chi connectivity index (χ0n) is 21.3. The molecule has 0 aromatic carbocycles. The topological polar surface area (TPSA) is 138 Å². The van der Waals surface area contributed by atoms with Crippen LogP contribution in [-0.4, -0.2) is 59.1 Å². The van der Waals surface area contributed by atoms with Crippen LogP contribution in [0.3, 0.4) is 0 Å². The first kappa shape index (κ1) is 28.0. The molecule has 13 heteroatoms. The van der Waals surface area contributed by atoms with Gasteiger partial charge in [0.1, 0.15) is 11.3 Å². The highest BCUT2D eigenvalue weighted by molar-refractivity contribution is 7.13. The summed E-state index contributed by atoms with van der Waals surface area (Å²) >= 11 is 2.65. The fraction of sp³-hybridized carbons (Fsp3) is 0.375. The molecule has 3 rings (SSSR count). The lowest BCUT2D eigenvalue weighted by Crippen LogP contribution is -2.34. The van der Waals surface area contributed by atoms with Gasteiger partial charge in [0, 0.05) is 28.5 Å². The molecule has 198 valence electrons. The summed E-state index contributed by atoms with van der Waals surface area (Å²) in [5, 5.41) is 16.8. The number of hydrogen-bond donors (Lipinski definition) is 4. The number of urea groups is 1. The molecule has 0 fully saturated rings. The minimum absolute atomic E-state index is 0.191. The maximum absolute atomic E-state index is 12.8. The largest absolute Gasteiger partial charge is 0.444 e. The predicted octanol–water partition coefficient (Wildman–Crippen LogP) is 5.01.